The summed E-state index contributed by atoms with van der Waals surface area (Å²) in [5, 5.41) is 6.04. The molecule has 0 saturated carbocycles. The normalized spacial score (nSPS) is 9.69. The van der Waals surface area contributed by atoms with E-state index in [9.17, 15) is 0 Å². The second-order valence-electron chi connectivity index (χ2n) is 3.42. The predicted octanol–water partition coefficient (Wildman–Crippen LogP) is 3.98. The number of rotatable bonds is 3. The predicted molar refractivity (Wildman–Crippen MR) is 72.7 cm³/mol. The lowest BCUT2D eigenvalue weighted by molar-refractivity contribution is 0.730. The van der Waals surface area contributed by atoms with Gasteiger partial charge in [0.15, 0.2) is 0 Å². The Kier molecular flexibility index (Phi) is 5.58. The molecule has 2 aromatic rings. The molecule has 0 atom stereocenters. The highest BCUT2D eigenvalue weighted by molar-refractivity contribution is 5.85. The Morgan fingerprint density at radius 2 is 1.62 bits per heavy atom. The topological polar surface area (TPSA) is 12.0 Å². The van der Waals surface area contributed by atoms with Crippen molar-refractivity contribution in [3.63, 3.8) is 0 Å². The maximum Gasteiger partial charge on any atom is 0.0211 e. The SMILES string of the molecule is CC.CCNCc1cccc2ccccc12. The molecule has 2 aromatic carbocycles. The third-order valence-corrected chi connectivity index (χ3v) is 2.45. The maximum atomic E-state index is 3.36. The van der Waals surface area contributed by atoms with Gasteiger partial charge < -0.3 is 5.32 Å². The summed E-state index contributed by atoms with van der Waals surface area (Å²) in [4.78, 5) is 0. The highest BCUT2D eigenvalue weighted by atomic mass is 14.8. The molecule has 2 rings (SSSR count). The highest BCUT2D eigenvalue weighted by Gasteiger charge is 1.97. The molecule has 0 unspecified atom stereocenters. The fraction of sp³-hybridized carbons (Fsp3) is 0.333. The fourth-order valence-electron chi connectivity index (χ4n) is 1.71. The minimum Gasteiger partial charge on any atom is -0.313 e. The minimum absolute atomic E-state index is 0.956. The first-order chi connectivity index (χ1) is 7.92. The van der Waals surface area contributed by atoms with Gasteiger partial charge in [0.25, 0.3) is 0 Å². The maximum absolute atomic E-state index is 3.36. The van der Waals surface area contributed by atoms with E-state index in [-0.39, 0.29) is 0 Å². The zero-order chi connectivity index (χ0) is 11.8. The first-order valence-electron chi connectivity index (χ1n) is 6.09. The molecule has 0 fully saturated rings. The Hall–Kier alpha value is -1.34. The summed E-state index contributed by atoms with van der Waals surface area (Å²) in [6.45, 7) is 8.10. The molecule has 0 saturated heterocycles. The van der Waals surface area contributed by atoms with Gasteiger partial charge in [0, 0.05) is 6.54 Å². The zero-order valence-electron chi connectivity index (χ0n) is 10.5. The Labute approximate surface area is 98.5 Å². The molecule has 0 aliphatic rings. The molecule has 0 amide bonds. The van der Waals surface area contributed by atoms with Crippen LogP contribution in [0.15, 0.2) is 42.5 Å². The molecule has 0 bridgehead atoms. The average molecular weight is 215 g/mol. The van der Waals surface area contributed by atoms with Crippen LogP contribution in [0.4, 0.5) is 0 Å². The first kappa shape index (κ1) is 12.7. The molecule has 0 heterocycles. The van der Waals surface area contributed by atoms with Crippen molar-refractivity contribution in [1.29, 1.82) is 0 Å². The van der Waals surface area contributed by atoms with Crippen LogP contribution in [-0.4, -0.2) is 6.54 Å². The van der Waals surface area contributed by atoms with Gasteiger partial charge in [0.2, 0.25) is 0 Å². The molecule has 1 N–H and O–H groups in total. The lowest BCUT2D eigenvalue weighted by Crippen LogP contribution is -2.11. The largest absolute Gasteiger partial charge is 0.313 e. The molecule has 0 aromatic heterocycles. The summed E-state index contributed by atoms with van der Waals surface area (Å²) in [5.74, 6) is 0. The van der Waals surface area contributed by atoms with Crippen LogP contribution in [0.5, 0.6) is 0 Å². The van der Waals surface area contributed by atoms with Gasteiger partial charge in [0.1, 0.15) is 0 Å². The highest BCUT2D eigenvalue weighted by Crippen LogP contribution is 2.17. The molecule has 0 aliphatic heterocycles. The molecule has 0 radical (unpaired) electrons. The van der Waals surface area contributed by atoms with Crippen LogP contribution in [0.2, 0.25) is 0 Å². The van der Waals surface area contributed by atoms with Crippen LogP contribution in [0.1, 0.15) is 26.3 Å². The van der Waals surface area contributed by atoms with Crippen molar-refractivity contribution in [2.45, 2.75) is 27.3 Å². The van der Waals surface area contributed by atoms with E-state index in [0.717, 1.165) is 13.1 Å². The van der Waals surface area contributed by atoms with Crippen molar-refractivity contribution >= 4 is 10.8 Å². The second-order valence-corrected chi connectivity index (χ2v) is 3.42. The van der Waals surface area contributed by atoms with Crippen molar-refractivity contribution in [2.24, 2.45) is 0 Å². The van der Waals surface area contributed by atoms with E-state index in [1.165, 1.54) is 16.3 Å². The zero-order valence-corrected chi connectivity index (χ0v) is 10.5. The van der Waals surface area contributed by atoms with Gasteiger partial charge in [-0.3, -0.25) is 0 Å². The molecule has 1 nitrogen and oxygen atoms in total. The molecule has 0 aliphatic carbocycles. The van der Waals surface area contributed by atoms with Crippen molar-refractivity contribution < 1.29 is 0 Å². The van der Waals surface area contributed by atoms with E-state index in [1.54, 1.807) is 0 Å². The molecule has 0 spiro atoms. The second kappa shape index (κ2) is 7.02. The van der Waals surface area contributed by atoms with Crippen LogP contribution in [0, 0.1) is 0 Å². The number of nitrogens with one attached hydrogen (secondary N) is 1. The van der Waals surface area contributed by atoms with Crippen molar-refractivity contribution in [3.8, 4) is 0 Å². The van der Waals surface area contributed by atoms with E-state index in [4.69, 9.17) is 0 Å². The van der Waals surface area contributed by atoms with Gasteiger partial charge in [-0.15, -0.1) is 0 Å². The summed E-state index contributed by atoms with van der Waals surface area (Å²) >= 11 is 0. The smallest absolute Gasteiger partial charge is 0.0211 e. The van der Waals surface area contributed by atoms with Crippen molar-refractivity contribution in [1.82, 2.24) is 5.32 Å². The van der Waals surface area contributed by atoms with Gasteiger partial charge in [-0.2, -0.15) is 0 Å². The van der Waals surface area contributed by atoms with Crippen LogP contribution in [0.25, 0.3) is 10.8 Å². The number of fused-ring (bicyclic) bond motifs is 1. The number of benzene rings is 2. The molecular weight excluding hydrogens is 194 g/mol. The van der Waals surface area contributed by atoms with Crippen LogP contribution >= 0.6 is 0 Å². The van der Waals surface area contributed by atoms with E-state index in [2.05, 4.69) is 54.7 Å². The quantitative estimate of drug-likeness (QED) is 0.816. The summed E-state index contributed by atoms with van der Waals surface area (Å²) in [6, 6.07) is 15.0. The Morgan fingerprint density at radius 1 is 0.938 bits per heavy atom. The fourth-order valence-corrected chi connectivity index (χ4v) is 1.71. The lowest BCUT2D eigenvalue weighted by atomic mass is 10.0. The standard InChI is InChI=1S/C13H15N.C2H6/c1-2-14-10-12-8-5-7-11-6-3-4-9-13(11)12;1-2/h3-9,14H,2,10H2,1H3;1-2H3. The van der Waals surface area contributed by atoms with E-state index in [0.29, 0.717) is 0 Å². The molecular formula is C15H21N. The summed E-state index contributed by atoms with van der Waals surface area (Å²) < 4.78 is 0. The van der Waals surface area contributed by atoms with Crippen LogP contribution < -0.4 is 5.32 Å². The van der Waals surface area contributed by atoms with E-state index >= 15 is 0 Å². The van der Waals surface area contributed by atoms with Gasteiger partial charge in [-0.05, 0) is 22.9 Å². The summed E-state index contributed by atoms with van der Waals surface area (Å²) in [5.41, 5.74) is 1.38. The third-order valence-electron chi connectivity index (χ3n) is 2.45. The molecule has 16 heavy (non-hydrogen) atoms. The molecule has 1 heteroatoms. The van der Waals surface area contributed by atoms with Crippen molar-refractivity contribution in [2.75, 3.05) is 6.54 Å². The average Bonchev–Trinajstić information content (AvgIpc) is 2.38. The summed E-state index contributed by atoms with van der Waals surface area (Å²) in [6.07, 6.45) is 0. The first-order valence-corrected chi connectivity index (χ1v) is 6.09. The number of hydrogen-bond acceptors (Lipinski definition) is 1. The third kappa shape index (κ3) is 3.07. The monoisotopic (exact) mass is 215 g/mol. The molecule has 86 valence electrons. The lowest BCUT2D eigenvalue weighted by Gasteiger charge is -2.06. The van der Waals surface area contributed by atoms with Gasteiger partial charge in [-0.25, -0.2) is 0 Å². The van der Waals surface area contributed by atoms with E-state index < -0.39 is 0 Å². The number of hydrogen-bond donors (Lipinski definition) is 1. The summed E-state index contributed by atoms with van der Waals surface area (Å²) in [7, 11) is 0. The van der Waals surface area contributed by atoms with Crippen LogP contribution in [-0.2, 0) is 6.54 Å². The van der Waals surface area contributed by atoms with Gasteiger partial charge in [-0.1, -0.05) is 63.2 Å². The van der Waals surface area contributed by atoms with Gasteiger partial charge in [0.05, 0.1) is 0 Å². The van der Waals surface area contributed by atoms with Gasteiger partial charge >= 0.3 is 0 Å². The van der Waals surface area contributed by atoms with Crippen LogP contribution in [0.3, 0.4) is 0 Å². The minimum atomic E-state index is 0.956. The Balaban J connectivity index is 0.000000606. The Morgan fingerprint density at radius 3 is 2.38 bits per heavy atom. The Bertz CT molecular complexity index is 415. The van der Waals surface area contributed by atoms with Crippen molar-refractivity contribution in [3.05, 3.63) is 48.0 Å². The van der Waals surface area contributed by atoms with E-state index in [1.807, 2.05) is 13.8 Å².